The Kier molecular flexibility index (Phi) is 4.48. The van der Waals surface area contributed by atoms with E-state index in [1.54, 1.807) is 36.5 Å². The van der Waals surface area contributed by atoms with Gasteiger partial charge in [-0.05, 0) is 24.6 Å². The van der Waals surface area contributed by atoms with Crippen LogP contribution in [0.15, 0.2) is 59.8 Å². The molecule has 0 saturated carbocycles. The number of nitrogens with zero attached hydrogens (tertiary/aromatic N) is 4. The molecule has 0 N–H and O–H groups in total. The predicted octanol–water partition coefficient (Wildman–Crippen LogP) is 2.34. The van der Waals surface area contributed by atoms with E-state index in [-0.39, 0.29) is 17.5 Å². The van der Waals surface area contributed by atoms with E-state index in [2.05, 4.69) is 9.97 Å². The van der Waals surface area contributed by atoms with Crippen LogP contribution in [0.5, 0.6) is 5.88 Å². The van der Waals surface area contributed by atoms with E-state index in [1.165, 1.54) is 10.5 Å². The molecule has 3 aromatic rings. The molecule has 8 heteroatoms. The lowest BCUT2D eigenvalue weighted by Crippen LogP contribution is -2.31. The van der Waals surface area contributed by atoms with Gasteiger partial charge in [0.25, 0.3) is 0 Å². The van der Waals surface area contributed by atoms with Crippen molar-refractivity contribution in [1.82, 2.24) is 14.3 Å². The first-order valence-electron chi connectivity index (χ1n) is 8.44. The van der Waals surface area contributed by atoms with Crippen LogP contribution in [0.2, 0.25) is 0 Å². The fourth-order valence-corrected chi connectivity index (χ4v) is 4.80. The Morgan fingerprint density at radius 2 is 2.00 bits per heavy atom. The minimum Gasteiger partial charge on any atom is -0.473 e. The van der Waals surface area contributed by atoms with Gasteiger partial charge >= 0.3 is 0 Å². The molecule has 0 amide bonds. The Morgan fingerprint density at radius 3 is 2.85 bits per heavy atom. The Morgan fingerprint density at radius 1 is 1.15 bits per heavy atom. The Bertz CT molecular complexity index is 1140. The highest BCUT2D eigenvalue weighted by Crippen LogP contribution is 2.27. The molecule has 0 radical (unpaired) electrons. The third-order valence-corrected chi connectivity index (χ3v) is 6.37. The van der Waals surface area contributed by atoms with Crippen LogP contribution in [0.25, 0.3) is 10.9 Å². The van der Waals surface area contributed by atoms with Crippen LogP contribution in [0.4, 0.5) is 0 Å². The first-order valence-corrected chi connectivity index (χ1v) is 9.88. The van der Waals surface area contributed by atoms with Crippen molar-refractivity contribution in [2.24, 2.45) is 0 Å². The summed E-state index contributed by atoms with van der Waals surface area (Å²) in [7, 11) is -3.69. The van der Waals surface area contributed by atoms with Gasteiger partial charge in [-0.1, -0.05) is 18.2 Å². The van der Waals surface area contributed by atoms with Gasteiger partial charge in [0.1, 0.15) is 11.0 Å². The SMILES string of the molecule is N#Cc1ccnc(OC2CCN(S(=O)(=O)c3cccc4cccnc34)C2)c1. The molecular weight excluding hydrogens is 364 g/mol. The standard InChI is InChI=1S/C19H16N4O3S/c20-12-14-6-9-21-18(11-14)26-16-7-10-23(13-16)27(24,25)17-5-1-3-15-4-2-8-22-19(15)17/h1-6,8-9,11,16H,7,10,13H2. The molecule has 1 atom stereocenters. The normalized spacial score (nSPS) is 17.7. The van der Waals surface area contributed by atoms with Gasteiger partial charge in [-0.3, -0.25) is 4.98 Å². The zero-order valence-electron chi connectivity index (χ0n) is 14.3. The predicted molar refractivity (Wildman–Crippen MR) is 98.5 cm³/mol. The number of pyridine rings is 2. The van der Waals surface area contributed by atoms with Gasteiger partial charge < -0.3 is 4.74 Å². The number of aromatic nitrogens is 2. The first kappa shape index (κ1) is 17.4. The number of fused-ring (bicyclic) bond motifs is 1. The third kappa shape index (κ3) is 3.35. The lowest BCUT2D eigenvalue weighted by Gasteiger charge is -2.18. The molecular formula is C19H16N4O3S. The maximum atomic E-state index is 13.1. The third-order valence-electron chi connectivity index (χ3n) is 4.47. The number of sulfonamides is 1. The lowest BCUT2D eigenvalue weighted by atomic mass is 10.2. The van der Waals surface area contributed by atoms with Crippen LogP contribution < -0.4 is 4.74 Å². The molecule has 136 valence electrons. The second-order valence-corrected chi connectivity index (χ2v) is 8.12. The van der Waals surface area contributed by atoms with Crippen molar-refractivity contribution in [2.75, 3.05) is 13.1 Å². The van der Waals surface area contributed by atoms with Gasteiger partial charge in [-0.2, -0.15) is 9.57 Å². The van der Waals surface area contributed by atoms with Crippen LogP contribution in [0.3, 0.4) is 0 Å². The Hall–Kier alpha value is -3.02. The highest BCUT2D eigenvalue weighted by molar-refractivity contribution is 7.89. The van der Waals surface area contributed by atoms with Crippen molar-refractivity contribution in [3.05, 3.63) is 60.4 Å². The monoisotopic (exact) mass is 380 g/mol. The van der Waals surface area contributed by atoms with Crippen molar-refractivity contribution in [3.8, 4) is 11.9 Å². The second-order valence-electron chi connectivity index (χ2n) is 6.22. The minimum absolute atomic E-state index is 0.200. The summed E-state index contributed by atoms with van der Waals surface area (Å²) in [4.78, 5) is 8.53. The maximum absolute atomic E-state index is 13.1. The van der Waals surface area contributed by atoms with E-state index >= 15 is 0 Å². The summed E-state index contributed by atoms with van der Waals surface area (Å²) in [6.45, 7) is 0.582. The molecule has 0 spiro atoms. The van der Waals surface area contributed by atoms with Crippen LogP contribution in [0, 0.1) is 11.3 Å². The first-order chi connectivity index (χ1) is 13.1. The van der Waals surface area contributed by atoms with Gasteiger partial charge in [0.15, 0.2) is 0 Å². The molecule has 2 aromatic heterocycles. The van der Waals surface area contributed by atoms with Crippen molar-refractivity contribution in [3.63, 3.8) is 0 Å². The average Bonchev–Trinajstić information content (AvgIpc) is 3.17. The fraction of sp³-hybridized carbons (Fsp3) is 0.211. The largest absolute Gasteiger partial charge is 0.473 e. The number of benzene rings is 1. The summed E-state index contributed by atoms with van der Waals surface area (Å²) < 4.78 is 33.4. The van der Waals surface area contributed by atoms with Crippen LogP contribution in [0.1, 0.15) is 12.0 Å². The molecule has 0 bridgehead atoms. The number of para-hydroxylation sites is 1. The minimum atomic E-state index is -3.69. The zero-order chi connectivity index (χ0) is 18.9. The van der Waals surface area contributed by atoms with E-state index in [1.807, 2.05) is 18.2 Å². The number of ether oxygens (including phenoxy) is 1. The van der Waals surface area contributed by atoms with Gasteiger partial charge in [0, 0.05) is 30.4 Å². The van der Waals surface area contributed by atoms with Crippen molar-refractivity contribution in [1.29, 1.82) is 5.26 Å². The van der Waals surface area contributed by atoms with E-state index in [0.29, 0.717) is 29.9 Å². The lowest BCUT2D eigenvalue weighted by molar-refractivity contribution is 0.207. The zero-order valence-corrected chi connectivity index (χ0v) is 15.1. The number of hydrogen-bond acceptors (Lipinski definition) is 6. The summed E-state index contributed by atoms with van der Waals surface area (Å²) in [5, 5.41) is 9.74. The van der Waals surface area contributed by atoms with Gasteiger partial charge in [0.05, 0.1) is 23.7 Å². The topological polar surface area (TPSA) is 96.2 Å². The van der Waals surface area contributed by atoms with Crippen molar-refractivity contribution < 1.29 is 13.2 Å². The molecule has 0 aliphatic carbocycles. The smallest absolute Gasteiger partial charge is 0.245 e. The second kappa shape index (κ2) is 6.95. The van der Waals surface area contributed by atoms with Gasteiger partial charge in [-0.15, -0.1) is 0 Å². The highest BCUT2D eigenvalue weighted by Gasteiger charge is 2.35. The molecule has 1 fully saturated rings. The van der Waals surface area contributed by atoms with E-state index in [9.17, 15) is 8.42 Å². The maximum Gasteiger partial charge on any atom is 0.245 e. The molecule has 3 heterocycles. The van der Waals surface area contributed by atoms with Gasteiger partial charge in [0.2, 0.25) is 15.9 Å². The van der Waals surface area contributed by atoms with E-state index in [4.69, 9.17) is 10.00 Å². The molecule has 1 aliphatic rings. The summed E-state index contributed by atoms with van der Waals surface area (Å²) in [6, 6.07) is 13.9. The molecule has 1 unspecified atom stereocenters. The van der Waals surface area contributed by atoms with Crippen molar-refractivity contribution in [2.45, 2.75) is 17.4 Å². The molecule has 1 aromatic carbocycles. The van der Waals surface area contributed by atoms with Crippen molar-refractivity contribution >= 4 is 20.9 Å². The highest BCUT2D eigenvalue weighted by atomic mass is 32.2. The van der Waals surface area contributed by atoms with Crippen LogP contribution >= 0.6 is 0 Å². The number of rotatable bonds is 4. The summed E-state index contributed by atoms with van der Waals surface area (Å²) in [6.07, 6.45) is 3.32. The molecule has 7 nitrogen and oxygen atoms in total. The summed E-state index contributed by atoms with van der Waals surface area (Å²) >= 11 is 0. The number of nitriles is 1. The summed E-state index contributed by atoms with van der Waals surface area (Å²) in [5.41, 5.74) is 0.914. The fourth-order valence-electron chi connectivity index (χ4n) is 3.15. The molecule has 4 rings (SSSR count). The Balaban J connectivity index is 1.56. The molecule has 27 heavy (non-hydrogen) atoms. The Labute approximate surface area is 156 Å². The quantitative estimate of drug-likeness (QED) is 0.689. The van der Waals surface area contributed by atoms with Gasteiger partial charge in [-0.25, -0.2) is 13.4 Å². The average molecular weight is 380 g/mol. The van der Waals surface area contributed by atoms with Crippen LogP contribution in [-0.4, -0.2) is 41.9 Å². The van der Waals surface area contributed by atoms with Crippen LogP contribution in [-0.2, 0) is 10.0 Å². The van der Waals surface area contributed by atoms with E-state index in [0.717, 1.165) is 5.39 Å². The summed E-state index contributed by atoms with van der Waals surface area (Å²) in [5.74, 6) is 0.324. The number of hydrogen-bond donors (Lipinski definition) is 0. The molecule has 1 saturated heterocycles. The van der Waals surface area contributed by atoms with E-state index < -0.39 is 10.0 Å². The molecule has 1 aliphatic heterocycles.